The molecular formula is C23H23FN2O3S. The normalized spacial score (nSPS) is 11.7. The molecule has 0 heterocycles. The highest BCUT2D eigenvalue weighted by atomic mass is 32.2. The zero-order valence-electron chi connectivity index (χ0n) is 16.5. The van der Waals surface area contributed by atoms with E-state index >= 15 is 0 Å². The number of amides is 1. The van der Waals surface area contributed by atoms with Gasteiger partial charge in [0, 0.05) is 12.7 Å². The highest BCUT2D eigenvalue weighted by Crippen LogP contribution is 2.21. The zero-order chi connectivity index (χ0) is 21.5. The van der Waals surface area contributed by atoms with Crippen molar-refractivity contribution >= 4 is 28.5 Å². The van der Waals surface area contributed by atoms with Crippen LogP contribution >= 0.6 is 0 Å². The lowest BCUT2D eigenvalue weighted by Crippen LogP contribution is -2.21. The summed E-state index contributed by atoms with van der Waals surface area (Å²) >= 11 is -2.35. The van der Waals surface area contributed by atoms with Crippen molar-refractivity contribution < 1.29 is 17.9 Å². The molecule has 3 rings (SSSR count). The minimum Gasteiger partial charge on any atom is -0.326 e. The summed E-state index contributed by atoms with van der Waals surface area (Å²) in [5, 5.41) is 2.86. The Hall–Kier alpha value is -3.03. The lowest BCUT2D eigenvalue weighted by molar-refractivity contribution is -0.115. The number of carbonyl (C=O) groups excluding carboxylic acids is 1. The van der Waals surface area contributed by atoms with E-state index in [-0.39, 0.29) is 18.0 Å². The number of hydrogen-bond acceptors (Lipinski definition) is 2. The summed E-state index contributed by atoms with van der Waals surface area (Å²) in [6.45, 7) is 0. The van der Waals surface area contributed by atoms with Crippen molar-refractivity contribution in [1.82, 2.24) is 0 Å². The molecule has 5 nitrogen and oxygen atoms in total. The van der Waals surface area contributed by atoms with Crippen LogP contribution in [0.1, 0.15) is 16.7 Å². The van der Waals surface area contributed by atoms with Gasteiger partial charge in [0.15, 0.2) is 0 Å². The minimum absolute atomic E-state index is 0.0213. The quantitative estimate of drug-likeness (QED) is 0.526. The van der Waals surface area contributed by atoms with E-state index in [4.69, 9.17) is 4.55 Å². The number of halogens is 1. The molecular weight excluding hydrogens is 403 g/mol. The second kappa shape index (κ2) is 10.1. The standard InChI is InChI=1S/C23H23FN2O3S/c1-26(30(28)29)22-15-19(12-13-21(22)24)16-23(27)25-20-9-5-8-18(14-20)11-10-17-6-3-2-4-7-17/h2-9,12-15H,10-11,16H2,1H3,(H,25,27)(H,28,29). The molecule has 0 aromatic heterocycles. The van der Waals surface area contributed by atoms with E-state index in [9.17, 15) is 13.4 Å². The van der Waals surface area contributed by atoms with Crippen molar-refractivity contribution in [3.05, 3.63) is 95.3 Å². The van der Waals surface area contributed by atoms with Crippen LogP contribution in [-0.4, -0.2) is 21.7 Å². The van der Waals surface area contributed by atoms with Gasteiger partial charge < -0.3 is 5.32 Å². The van der Waals surface area contributed by atoms with Gasteiger partial charge in [0.2, 0.25) is 5.91 Å². The van der Waals surface area contributed by atoms with Crippen LogP contribution in [0.4, 0.5) is 15.8 Å². The van der Waals surface area contributed by atoms with Gasteiger partial charge in [-0.25, -0.2) is 8.60 Å². The van der Waals surface area contributed by atoms with E-state index in [1.54, 1.807) is 0 Å². The van der Waals surface area contributed by atoms with E-state index in [1.807, 2.05) is 42.5 Å². The molecule has 0 aliphatic carbocycles. The summed E-state index contributed by atoms with van der Waals surface area (Å²) in [7, 11) is 1.30. The number of nitrogens with one attached hydrogen (secondary N) is 1. The lowest BCUT2D eigenvalue weighted by Gasteiger charge is -2.15. The average Bonchev–Trinajstić information content (AvgIpc) is 2.74. The minimum atomic E-state index is -2.35. The highest BCUT2D eigenvalue weighted by Gasteiger charge is 2.14. The summed E-state index contributed by atoms with van der Waals surface area (Å²) in [6, 6.07) is 22.0. The zero-order valence-corrected chi connectivity index (χ0v) is 17.4. The number of benzene rings is 3. The number of aryl methyl sites for hydroxylation is 2. The van der Waals surface area contributed by atoms with Crippen molar-refractivity contribution in [2.75, 3.05) is 16.7 Å². The molecule has 30 heavy (non-hydrogen) atoms. The Morgan fingerprint density at radius 3 is 2.40 bits per heavy atom. The molecule has 0 aliphatic rings. The van der Waals surface area contributed by atoms with Crippen LogP contribution in [0.25, 0.3) is 0 Å². The van der Waals surface area contributed by atoms with Gasteiger partial charge in [0.05, 0.1) is 12.1 Å². The summed E-state index contributed by atoms with van der Waals surface area (Å²) in [5.74, 6) is -0.879. The summed E-state index contributed by atoms with van der Waals surface area (Å²) in [5.41, 5.74) is 3.58. The molecule has 1 atom stereocenters. The van der Waals surface area contributed by atoms with E-state index in [2.05, 4.69) is 17.4 Å². The van der Waals surface area contributed by atoms with Gasteiger partial charge in [-0.1, -0.05) is 48.5 Å². The molecule has 3 aromatic rings. The maximum atomic E-state index is 13.9. The van der Waals surface area contributed by atoms with Gasteiger partial charge in [-0.15, -0.1) is 0 Å². The molecule has 3 aromatic carbocycles. The topological polar surface area (TPSA) is 69.6 Å². The molecule has 0 radical (unpaired) electrons. The van der Waals surface area contributed by atoms with Crippen molar-refractivity contribution in [3.63, 3.8) is 0 Å². The third-order valence-corrected chi connectivity index (χ3v) is 5.37. The van der Waals surface area contributed by atoms with Crippen molar-refractivity contribution in [2.24, 2.45) is 0 Å². The smallest absolute Gasteiger partial charge is 0.261 e. The van der Waals surface area contributed by atoms with Crippen LogP contribution in [0.5, 0.6) is 0 Å². The molecule has 1 unspecified atom stereocenters. The first-order valence-electron chi connectivity index (χ1n) is 9.48. The third-order valence-electron chi connectivity index (χ3n) is 4.70. The Bertz CT molecular complexity index is 1040. The number of nitrogens with zero attached hydrogens (tertiary/aromatic N) is 1. The Morgan fingerprint density at radius 1 is 0.967 bits per heavy atom. The van der Waals surface area contributed by atoms with E-state index in [1.165, 1.54) is 30.8 Å². The molecule has 2 N–H and O–H groups in total. The highest BCUT2D eigenvalue weighted by molar-refractivity contribution is 7.80. The average molecular weight is 427 g/mol. The second-order valence-corrected chi connectivity index (χ2v) is 7.93. The molecule has 0 spiro atoms. The fraction of sp³-hybridized carbons (Fsp3) is 0.174. The van der Waals surface area contributed by atoms with Gasteiger partial charge in [-0.05, 0) is 53.8 Å². The van der Waals surface area contributed by atoms with Crippen molar-refractivity contribution in [3.8, 4) is 0 Å². The Labute approximate surface area is 178 Å². The van der Waals surface area contributed by atoms with Crippen molar-refractivity contribution in [2.45, 2.75) is 19.3 Å². The van der Waals surface area contributed by atoms with Gasteiger partial charge in [0.25, 0.3) is 11.3 Å². The number of hydrogen-bond donors (Lipinski definition) is 2. The molecule has 1 amide bonds. The Balaban J connectivity index is 1.62. The molecule has 0 saturated carbocycles. The van der Waals surface area contributed by atoms with E-state index in [0.29, 0.717) is 11.3 Å². The fourth-order valence-electron chi connectivity index (χ4n) is 3.12. The van der Waals surface area contributed by atoms with Crippen molar-refractivity contribution in [1.29, 1.82) is 0 Å². The van der Waals surface area contributed by atoms with Gasteiger partial charge in [0.1, 0.15) is 5.82 Å². The SMILES string of the molecule is CN(c1cc(CC(=O)Nc2cccc(CCc3ccccc3)c2)ccc1F)S(=O)O. The summed E-state index contributed by atoms with van der Waals surface area (Å²) in [6.07, 6.45) is 1.80. The van der Waals surface area contributed by atoms with Gasteiger partial charge in [-0.3, -0.25) is 13.7 Å². The molecule has 156 valence electrons. The molecule has 0 fully saturated rings. The first-order chi connectivity index (χ1) is 14.4. The van der Waals surface area contributed by atoms with Crippen LogP contribution in [0.3, 0.4) is 0 Å². The monoisotopic (exact) mass is 426 g/mol. The molecule has 7 heteroatoms. The maximum Gasteiger partial charge on any atom is 0.261 e. The van der Waals surface area contributed by atoms with Gasteiger partial charge in [-0.2, -0.15) is 0 Å². The predicted octanol–water partition coefficient (Wildman–Crippen LogP) is 4.37. The van der Waals surface area contributed by atoms with E-state index in [0.717, 1.165) is 22.7 Å². The lowest BCUT2D eigenvalue weighted by atomic mass is 10.0. The summed E-state index contributed by atoms with van der Waals surface area (Å²) < 4.78 is 35.2. The molecule has 0 bridgehead atoms. The van der Waals surface area contributed by atoms with Crippen LogP contribution in [0.2, 0.25) is 0 Å². The van der Waals surface area contributed by atoms with Crippen LogP contribution in [-0.2, 0) is 35.3 Å². The maximum absolute atomic E-state index is 13.9. The number of carbonyl (C=O) groups is 1. The second-order valence-electron chi connectivity index (χ2n) is 6.92. The Kier molecular flexibility index (Phi) is 7.32. The molecule has 0 aliphatic heterocycles. The number of anilines is 2. The third kappa shape index (κ3) is 5.98. The van der Waals surface area contributed by atoms with Crippen LogP contribution < -0.4 is 9.62 Å². The van der Waals surface area contributed by atoms with Crippen LogP contribution in [0, 0.1) is 5.82 Å². The first kappa shape index (κ1) is 21.7. The summed E-state index contributed by atoms with van der Waals surface area (Å²) in [4.78, 5) is 12.4. The predicted molar refractivity (Wildman–Crippen MR) is 118 cm³/mol. The van der Waals surface area contributed by atoms with Crippen LogP contribution in [0.15, 0.2) is 72.8 Å². The van der Waals surface area contributed by atoms with E-state index < -0.39 is 17.1 Å². The number of rotatable bonds is 8. The van der Waals surface area contributed by atoms with Gasteiger partial charge >= 0.3 is 0 Å². The largest absolute Gasteiger partial charge is 0.326 e. The Morgan fingerprint density at radius 2 is 1.67 bits per heavy atom. The molecule has 0 saturated heterocycles. The first-order valence-corrected chi connectivity index (χ1v) is 10.5. The fourth-order valence-corrected chi connectivity index (χ4v) is 3.43.